The minimum Gasteiger partial charge on any atom is -0.487 e. The maximum Gasteiger partial charge on any atom is 0.144 e. The number of nitrogens with one attached hydrogen (secondary N) is 1. The molecule has 1 atom stereocenters. The van der Waals surface area contributed by atoms with Gasteiger partial charge in [-0.3, -0.25) is 13.4 Å². The average Bonchev–Trinajstić information content (AvgIpc) is 2.79. The summed E-state index contributed by atoms with van der Waals surface area (Å²) in [5.41, 5.74) is 1.55. The van der Waals surface area contributed by atoms with Gasteiger partial charge in [0, 0.05) is 0 Å². The summed E-state index contributed by atoms with van der Waals surface area (Å²) in [4.78, 5) is 0. The SMILES string of the molecule is OC1CN(c2ccccc2OCc2ccccc2)S(O)(O)N1. The Morgan fingerprint density at radius 3 is 2.45 bits per heavy atom. The van der Waals surface area contributed by atoms with Crippen LogP contribution in [-0.4, -0.2) is 27.0 Å². The number of benzene rings is 2. The second-order valence-corrected chi connectivity index (χ2v) is 6.67. The molecule has 0 spiro atoms. The zero-order chi connectivity index (χ0) is 15.6. The number of ether oxygens (including phenoxy) is 1. The van der Waals surface area contributed by atoms with Gasteiger partial charge in [0.2, 0.25) is 0 Å². The first-order valence-corrected chi connectivity index (χ1v) is 8.33. The Morgan fingerprint density at radius 1 is 1.09 bits per heavy atom. The van der Waals surface area contributed by atoms with Crippen LogP contribution in [0.5, 0.6) is 5.75 Å². The summed E-state index contributed by atoms with van der Waals surface area (Å²) in [5, 5.41) is 9.60. The minimum absolute atomic E-state index is 0.0774. The fraction of sp³-hybridized carbons (Fsp3) is 0.200. The topological polar surface area (TPSA) is 85.2 Å². The van der Waals surface area contributed by atoms with Crippen LogP contribution >= 0.6 is 11.0 Å². The van der Waals surface area contributed by atoms with E-state index in [-0.39, 0.29) is 6.54 Å². The van der Waals surface area contributed by atoms with Crippen molar-refractivity contribution in [2.75, 3.05) is 10.8 Å². The number of hydrogen-bond donors (Lipinski definition) is 4. The molecule has 0 aliphatic carbocycles. The number of rotatable bonds is 4. The average molecular weight is 322 g/mol. The van der Waals surface area contributed by atoms with Gasteiger partial charge in [-0.2, -0.15) is 4.72 Å². The number of aliphatic hydroxyl groups is 1. The highest BCUT2D eigenvalue weighted by Gasteiger charge is 2.36. The second kappa shape index (κ2) is 6.15. The van der Waals surface area contributed by atoms with E-state index >= 15 is 0 Å². The van der Waals surface area contributed by atoms with Crippen LogP contribution in [0.15, 0.2) is 54.6 Å². The van der Waals surface area contributed by atoms with Gasteiger partial charge in [0.05, 0.1) is 6.54 Å². The van der Waals surface area contributed by atoms with Gasteiger partial charge in [-0.05, 0) is 17.7 Å². The number of aliphatic hydroxyl groups excluding tert-OH is 1. The van der Waals surface area contributed by atoms with Gasteiger partial charge in [-0.25, -0.2) is 0 Å². The van der Waals surface area contributed by atoms with E-state index in [1.165, 1.54) is 4.31 Å². The standard InChI is InChI=1S/C15H18N2O4S/c18-15-10-17(22(19,20)16-15)13-8-4-5-9-14(13)21-11-12-6-2-1-3-7-12/h1-9,15-16,18-20H,10-11H2. The molecule has 7 heteroatoms. The quantitative estimate of drug-likeness (QED) is 0.692. The lowest BCUT2D eigenvalue weighted by atomic mass is 10.2. The first kappa shape index (κ1) is 15.1. The number of nitrogens with zero attached hydrogens (tertiary/aromatic N) is 1. The predicted octanol–water partition coefficient (Wildman–Crippen LogP) is 2.57. The molecule has 1 fully saturated rings. The Kier molecular flexibility index (Phi) is 4.23. The molecule has 0 saturated carbocycles. The Labute approximate surface area is 130 Å². The molecule has 118 valence electrons. The number of anilines is 1. The molecular formula is C15H18N2O4S. The van der Waals surface area contributed by atoms with Crippen molar-refractivity contribution in [2.45, 2.75) is 12.8 Å². The normalized spacial score (nSPS) is 21.6. The van der Waals surface area contributed by atoms with E-state index in [9.17, 15) is 14.2 Å². The first-order valence-electron chi connectivity index (χ1n) is 6.83. The summed E-state index contributed by atoms with van der Waals surface area (Å²) in [6, 6.07) is 16.8. The van der Waals surface area contributed by atoms with Crippen molar-refractivity contribution in [1.82, 2.24) is 4.72 Å². The summed E-state index contributed by atoms with van der Waals surface area (Å²) in [6.45, 7) is 0.453. The maximum atomic E-state index is 10.0. The van der Waals surface area contributed by atoms with Crippen molar-refractivity contribution in [3.8, 4) is 5.75 Å². The Hall–Kier alpha value is -1.77. The van der Waals surface area contributed by atoms with Crippen molar-refractivity contribution in [3.63, 3.8) is 0 Å². The highest BCUT2D eigenvalue weighted by Crippen LogP contribution is 2.49. The number of para-hydroxylation sites is 2. The van der Waals surface area contributed by atoms with Gasteiger partial charge >= 0.3 is 0 Å². The predicted molar refractivity (Wildman–Crippen MR) is 86.6 cm³/mol. The summed E-state index contributed by atoms with van der Waals surface area (Å²) >= 11 is 0. The third-order valence-electron chi connectivity index (χ3n) is 3.31. The van der Waals surface area contributed by atoms with E-state index in [0.717, 1.165) is 5.56 Å². The Morgan fingerprint density at radius 2 is 1.77 bits per heavy atom. The van der Waals surface area contributed by atoms with Crippen molar-refractivity contribution in [2.24, 2.45) is 0 Å². The van der Waals surface area contributed by atoms with Crippen LogP contribution in [0.2, 0.25) is 0 Å². The Bertz CT molecular complexity index is 638. The molecule has 1 saturated heterocycles. The van der Waals surface area contributed by atoms with Crippen LogP contribution in [0.25, 0.3) is 0 Å². The molecule has 1 heterocycles. The third kappa shape index (κ3) is 3.18. The van der Waals surface area contributed by atoms with Gasteiger partial charge in [0.15, 0.2) is 0 Å². The molecule has 2 aromatic rings. The van der Waals surface area contributed by atoms with Crippen LogP contribution in [0.4, 0.5) is 5.69 Å². The van der Waals surface area contributed by atoms with Crippen LogP contribution in [0.3, 0.4) is 0 Å². The van der Waals surface area contributed by atoms with Gasteiger partial charge in [-0.15, -0.1) is 0 Å². The third-order valence-corrected chi connectivity index (χ3v) is 4.86. The molecule has 0 amide bonds. The largest absolute Gasteiger partial charge is 0.487 e. The minimum atomic E-state index is -3.24. The fourth-order valence-electron chi connectivity index (χ4n) is 2.30. The van der Waals surface area contributed by atoms with E-state index in [1.54, 1.807) is 18.2 Å². The van der Waals surface area contributed by atoms with E-state index in [4.69, 9.17) is 4.74 Å². The van der Waals surface area contributed by atoms with Crippen LogP contribution in [0.1, 0.15) is 5.56 Å². The summed E-state index contributed by atoms with van der Waals surface area (Å²) in [6.07, 6.45) is -0.993. The molecular weight excluding hydrogens is 304 g/mol. The van der Waals surface area contributed by atoms with Crippen LogP contribution < -0.4 is 13.8 Å². The monoisotopic (exact) mass is 322 g/mol. The van der Waals surface area contributed by atoms with Gasteiger partial charge < -0.3 is 9.84 Å². The summed E-state index contributed by atoms with van der Waals surface area (Å²) < 4.78 is 29.6. The smallest absolute Gasteiger partial charge is 0.144 e. The van der Waals surface area contributed by atoms with Gasteiger partial charge in [0.25, 0.3) is 0 Å². The maximum absolute atomic E-state index is 10.0. The molecule has 22 heavy (non-hydrogen) atoms. The zero-order valence-electron chi connectivity index (χ0n) is 11.8. The van der Waals surface area contributed by atoms with Crippen molar-refractivity contribution in [1.29, 1.82) is 0 Å². The molecule has 0 aromatic heterocycles. The van der Waals surface area contributed by atoms with Crippen LogP contribution in [-0.2, 0) is 6.61 Å². The van der Waals surface area contributed by atoms with Crippen LogP contribution in [0, 0.1) is 0 Å². The number of β-amino-alcohol motifs (C(OH)–C–C–N with tert-alkyl or cyclic N) is 1. The molecule has 3 rings (SSSR count). The second-order valence-electron chi connectivity index (χ2n) is 4.96. The first-order chi connectivity index (χ1) is 10.6. The molecule has 2 aromatic carbocycles. The molecule has 0 bridgehead atoms. The van der Waals surface area contributed by atoms with E-state index in [1.807, 2.05) is 36.4 Å². The highest BCUT2D eigenvalue weighted by molar-refractivity contribution is 8.24. The summed E-state index contributed by atoms with van der Waals surface area (Å²) in [5.74, 6) is 0.530. The highest BCUT2D eigenvalue weighted by atomic mass is 32.3. The molecule has 1 unspecified atom stereocenters. The lowest BCUT2D eigenvalue weighted by molar-refractivity contribution is 0.181. The molecule has 0 radical (unpaired) electrons. The molecule has 4 N–H and O–H groups in total. The molecule has 6 nitrogen and oxygen atoms in total. The fourth-order valence-corrected chi connectivity index (χ4v) is 3.64. The lowest BCUT2D eigenvalue weighted by Gasteiger charge is -2.37. The summed E-state index contributed by atoms with van der Waals surface area (Å²) in [7, 11) is -3.24. The van der Waals surface area contributed by atoms with Gasteiger partial charge in [-0.1, -0.05) is 53.4 Å². The molecule has 1 aliphatic heterocycles. The van der Waals surface area contributed by atoms with E-state index in [0.29, 0.717) is 18.0 Å². The van der Waals surface area contributed by atoms with Crippen molar-refractivity contribution < 1.29 is 18.9 Å². The van der Waals surface area contributed by atoms with Gasteiger partial charge in [0.1, 0.15) is 24.3 Å². The van der Waals surface area contributed by atoms with E-state index in [2.05, 4.69) is 4.72 Å². The Balaban J connectivity index is 1.81. The van der Waals surface area contributed by atoms with E-state index < -0.39 is 17.2 Å². The molecule has 1 aliphatic rings. The lowest BCUT2D eigenvalue weighted by Crippen LogP contribution is -2.26. The van der Waals surface area contributed by atoms with Crippen molar-refractivity contribution in [3.05, 3.63) is 60.2 Å². The zero-order valence-corrected chi connectivity index (χ0v) is 12.6. The number of hydrogen-bond acceptors (Lipinski definition) is 6. The van der Waals surface area contributed by atoms with Crippen molar-refractivity contribution >= 4 is 16.6 Å².